The third-order valence-electron chi connectivity index (χ3n) is 5.34. The van der Waals surface area contributed by atoms with Gasteiger partial charge in [-0.15, -0.1) is 0 Å². The molecule has 0 aromatic carbocycles. The number of hydrogen-bond acceptors (Lipinski definition) is 4. The van der Waals surface area contributed by atoms with E-state index in [2.05, 4.69) is 19.2 Å². The Balaban J connectivity index is 2.24. The summed E-state index contributed by atoms with van der Waals surface area (Å²) in [6, 6.07) is -0.731. The van der Waals surface area contributed by atoms with E-state index in [1.807, 2.05) is 20.8 Å². The second-order valence-electron chi connectivity index (χ2n) is 8.00. The Morgan fingerprint density at radius 2 is 1.90 bits per heavy atom. The van der Waals surface area contributed by atoms with E-state index in [0.717, 1.165) is 0 Å². The highest BCUT2D eigenvalue weighted by Gasteiger charge is 2.70. The number of nitrogens with one attached hydrogen (secondary N) is 1. The van der Waals surface area contributed by atoms with E-state index >= 15 is 0 Å². The van der Waals surface area contributed by atoms with Gasteiger partial charge in [-0.05, 0) is 23.8 Å². The summed E-state index contributed by atoms with van der Waals surface area (Å²) in [6.07, 6.45) is 0. The predicted molar refractivity (Wildman–Crippen MR) is 80.6 cm³/mol. The third kappa shape index (κ3) is 2.45. The summed E-state index contributed by atoms with van der Waals surface area (Å²) in [5, 5.41) is 3.10. The lowest BCUT2D eigenvalue weighted by molar-refractivity contribution is -0.154. The first kappa shape index (κ1) is 16.3. The fourth-order valence-electron chi connectivity index (χ4n) is 4.00. The summed E-state index contributed by atoms with van der Waals surface area (Å²) < 4.78 is 4.95. The van der Waals surface area contributed by atoms with Crippen LogP contribution < -0.4 is 5.32 Å². The lowest BCUT2D eigenvalue weighted by atomic mass is 9.85. The number of carbonyl (C=O) groups is 2. The number of ether oxygens (including phenoxy) is 1. The Hall–Kier alpha value is -1.10. The molecule has 21 heavy (non-hydrogen) atoms. The van der Waals surface area contributed by atoms with Crippen molar-refractivity contribution in [3.05, 3.63) is 0 Å². The number of fused-ring (bicyclic) bond motifs is 1. The highest BCUT2D eigenvalue weighted by Crippen LogP contribution is 2.65. The lowest BCUT2D eigenvalue weighted by Crippen LogP contribution is -2.56. The lowest BCUT2D eigenvalue weighted by Gasteiger charge is -2.36. The van der Waals surface area contributed by atoms with Crippen molar-refractivity contribution in [2.75, 3.05) is 20.7 Å². The van der Waals surface area contributed by atoms with Crippen molar-refractivity contribution in [1.82, 2.24) is 10.2 Å². The Morgan fingerprint density at radius 1 is 1.33 bits per heavy atom. The van der Waals surface area contributed by atoms with E-state index in [0.29, 0.717) is 12.5 Å². The van der Waals surface area contributed by atoms with Crippen LogP contribution in [0.3, 0.4) is 0 Å². The topological polar surface area (TPSA) is 58.6 Å². The van der Waals surface area contributed by atoms with Gasteiger partial charge in [0.05, 0.1) is 13.2 Å². The number of piperidine rings is 1. The van der Waals surface area contributed by atoms with Crippen LogP contribution in [0.2, 0.25) is 0 Å². The molecule has 1 N–H and O–H groups in total. The summed E-state index contributed by atoms with van der Waals surface area (Å²) in [6.45, 7) is 11.1. The molecule has 0 spiro atoms. The van der Waals surface area contributed by atoms with Gasteiger partial charge >= 0.3 is 5.97 Å². The Kier molecular flexibility index (Phi) is 3.85. The molecular weight excluding hydrogens is 268 g/mol. The van der Waals surface area contributed by atoms with Gasteiger partial charge in [0, 0.05) is 12.5 Å². The maximum atomic E-state index is 12.9. The highest BCUT2D eigenvalue weighted by atomic mass is 16.5. The number of amides is 1. The van der Waals surface area contributed by atoms with Crippen molar-refractivity contribution in [3.63, 3.8) is 0 Å². The summed E-state index contributed by atoms with van der Waals surface area (Å²) >= 11 is 0. The van der Waals surface area contributed by atoms with Crippen LogP contribution in [0.25, 0.3) is 0 Å². The van der Waals surface area contributed by atoms with Crippen molar-refractivity contribution >= 4 is 11.9 Å². The molecule has 5 nitrogen and oxygen atoms in total. The number of nitrogens with zero attached hydrogens (tertiary/aromatic N) is 1. The summed E-state index contributed by atoms with van der Waals surface area (Å²) in [4.78, 5) is 26.8. The number of carbonyl (C=O) groups excluding carboxylic acids is 2. The zero-order valence-electron chi connectivity index (χ0n) is 14.2. The number of likely N-dealkylation sites (tertiary alicyclic amines) is 1. The van der Waals surface area contributed by atoms with Crippen LogP contribution in [0.4, 0.5) is 0 Å². The van der Waals surface area contributed by atoms with Gasteiger partial charge in [0.25, 0.3) is 0 Å². The molecule has 0 unspecified atom stereocenters. The highest BCUT2D eigenvalue weighted by molar-refractivity contribution is 5.89. The first-order valence-corrected chi connectivity index (χ1v) is 7.63. The standard InChI is InChI=1S/C16H28N2O3/c1-15(2,3)12(17-6)13(19)18-8-9-10(16(9,4)5)11(18)14(20)21-7/h9-12,17H,8H2,1-7H3/t9-,10-,11-,12+/m0/s1. The van der Waals surface area contributed by atoms with Crippen LogP contribution in [0, 0.1) is 22.7 Å². The maximum absolute atomic E-state index is 12.9. The van der Waals surface area contributed by atoms with E-state index in [1.54, 1.807) is 11.9 Å². The van der Waals surface area contributed by atoms with Crippen LogP contribution in [-0.2, 0) is 14.3 Å². The van der Waals surface area contributed by atoms with Gasteiger partial charge in [-0.3, -0.25) is 4.79 Å². The average Bonchev–Trinajstić information content (AvgIpc) is 2.76. The molecule has 2 aliphatic rings. The van der Waals surface area contributed by atoms with E-state index in [-0.39, 0.29) is 34.7 Å². The molecule has 0 bridgehead atoms. The molecule has 1 saturated heterocycles. The van der Waals surface area contributed by atoms with Gasteiger partial charge in [-0.25, -0.2) is 4.79 Å². The quantitative estimate of drug-likeness (QED) is 0.797. The minimum atomic E-state index is -0.430. The minimum Gasteiger partial charge on any atom is -0.467 e. The first-order valence-electron chi connectivity index (χ1n) is 7.63. The van der Waals surface area contributed by atoms with Crippen LogP contribution in [-0.4, -0.2) is 49.6 Å². The molecule has 1 saturated carbocycles. The molecule has 1 heterocycles. The van der Waals surface area contributed by atoms with Gasteiger partial charge in [0.15, 0.2) is 0 Å². The fraction of sp³-hybridized carbons (Fsp3) is 0.875. The predicted octanol–water partition coefficient (Wildman–Crippen LogP) is 1.28. The number of esters is 1. The van der Waals surface area contributed by atoms with Crippen molar-refractivity contribution in [1.29, 1.82) is 0 Å². The summed E-state index contributed by atoms with van der Waals surface area (Å²) in [7, 11) is 3.19. The van der Waals surface area contributed by atoms with Crippen LogP contribution in [0.1, 0.15) is 34.6 Å². The second-order valence-corrected chi connectivity index (χ2v) is 8.00. The maximum Gasteiger partial charge on any atom is 0.328 e. The molecule has 0 aromatic rings. The van der Waals surface area contributed by atoms with E-state index in [9.17, 15) is 9.59 Å². The summed E-state index contributed by atoms with van der Waals surface area (Å²) in [5.41, 5.74) is -0.0681. The Labute approximate surface area is 127 Å². The monoisotopic (exact) mass is 296 g/mol. The fourth-order valence-corrected chi connectivity index (χ4v) is 4.00. The molecule has 1 aliphatic heterocycles. The van der Waals surface area contributed by atoms with Crippen LogP contribution in [0.15, 0.2) is 0 Å². The smallest absolute Gasteiger partial charge is 0.328 e. The third-order valence-corrected chi connectivity index (χ3v) is 5.34. The van der Waals surface area contributed by atoms with E-state index in [4.69, 9.17) is 4.74 Å². The van der Waals surface area contributed by atoms with Crippen molar-refractivity contribution in [2.24, 2.45) is 22.7 Å². The van der Waals surface area contributed by atoms with Gasteiger partial charge in [0.1, 0.15) is 6.04 Å². The molecule has 2 rings (SSSR count). The SMILES string of the molecule is CN[C@H](C(=O)N1C[C@H]2[C@@H]([C@H]1C(=O)OC)C2(C)C)C(C)(C)C. The molecule has 4 atom stereocenters. The Bertz CT molecular complexity index is 453. The zero-order chi connectivity index (χ0) is 16.2. The molecule has 1 aliphatic carbocycles. The molecule has 2 fully saturated rings. The Morgan fingerprint density at radius 3 is 2.33 bits per heavy atom. The largest absolute Gasteiger partial charge is 0.467 e. The van der Waals surface area contributed by atoms with Crippen LogP contribution in [0.5, 0.6) is 0 Å². The minimum absolute atomic E-state index is 0.00315. The van der Waals surface area contributed by atoms with Crippen molar-refractivity contribution < 1.29 is 14.3 Å². The number of likely N-dealkylation sites (N-methyl/N-ethyl adjacent to an activating group) is 1. The van der Waals surface area contributed by atoms with E-state index < -0.39 is 6.04 Å². The van der Waals surface area contributed by atoms with Crippen molar-refractivity contribution in [3.8, 4) is 0 Å². The molecule has 0 radical (unpaired) electrons. The molecular formula is C16H28N2O3. The molecule has 5 heteroatoms. The second kappa shape index (κ2) is 4.97. The first-order chi connectivity index (χ1) is 9.57. The molecule has 120 valence electrons. The molecule has 0 aromatic heterocycles. The normalized spacial score (nSPS) is 31.6. The average molecular weight is 296 g/mol. The van der Waals surface area contributed by atoms with Gasteiger partial charge in [-0.2, -0.15) is 0 Å². The number of rotatable bonds is 3. The van der Waals surface area contributed by atoms with Crippen molar-refractivity contribution in [2.45, 2.75) is 46.7 Å². The van der Waals surface area contributed by atoms with E-state index in [1.165, 1.54) is 7.11 Å². The summed E-state index contributed by atoms with van der Waals surface area (Å²) in [5.74, 6) is 0.350. The molecule has 1 amide bonds. The number of hydrogen-bond donors (Lipinski definition) is 1. The van der Waals surface area contributed by atoms with Crippen LogP contribution >= 0.6 is 0 Å². The number of methoxy groups -OCH3 is 1. The zero-order valence-corrected chi connectivity index (χ0v) is 14.2. The van der Waals surface area contributed by atoms with Gasteiger partial charge in [0.2, 0.25) is 5.91 Å². The van der Waals surface area contributed by atoms with Gasteiger partial charge in [-0.1, -0.05) is 34.6 Å². The van der Waals surface area contributed by atoms with Gasteiger partial charge < -0.3 is 15.0 Å².